The Balaban J connectivity index is 1.82. The van der Waals surface area contributed by atoms with Gasteiger partial charge in [0.25, 0.3) is 0 Å². The Morgan fingerprint density at radius 1 is 1.31 bits per heavy atom. The Bertz CT molecular complexity index is 823. The normalized spacial score (nSPS) is 10.9. The van der Waals surface area contributed by atoms with Gasteiger partial charge in [0, 0.05) is 16.5 Å². The molecule has 0 aliphatic carbocycles. The molecule has 0 aliphatic heterocycles. The molecule has 0 radical (unpaired) electrons. The van der Waals surface area contributed by atoms with E-state index in [1.807, 2.05) is 25.1 Å². The van der Waals surface area contributed by atoms with Crippen molar-refractivity contribution >= 4 is 44.0 Å². The molecular weight excluding hydrogens is 464 g/mol. The molecule has 0 spiro atoms. The van der Waals surface area contributed by atoms with Crippen molar-refractivity contribution in [2.45, 2.75) is 26.2 Å². The number of nitrogens with zero attached hydrogens (tertiary/aromatic N) is 1. The van der Waals surface area contributed by atoms with Gasteiger partial charge in [-0.15, -0.1) is 0 Å². The molecule has 2 aromatic rings. The van der Waals surface area contributed by atoms with Crippen molar-refractivity contribution in [2.75, 3.05) is 7.11 Å². The Morgan fingerprint density at radius 2 is 2.08 bits per heavy atom. The fourth-order valence-corrected chi connectivity index (χ4v) is 3.69. The van der Waals surface area contributed by atoms with Gasteiger partial charge < -0.3 is 9.84 Å². The number of carbonyl (C=O) groups excluding carboxylic acids is 1. The first-order chi connectivity index (χ1) is 12.4. The number of aromatic hydroxyl groups is 1. The van der Waals surface area contributed by atoms with E-state index in [0.29, 0.717) is 16.5 Å². The summed E-state index contributed by atoms with van der Waals surface area (Å²) in [4.78, 5) is 11.9. The minimum absolute atomic E-state index is 0.0705. The summed E-state index contributed by atoms with van der Waals surface area (Å²) in [7, 11) is 1.64. The number of hydrazone groups is 1. The van der Waals surface area contributed by atoms with Crippen LogP contribution in [0.4, 0.5) is 0 Å². The maximum absolute atomic E-state index is 11.9. The number of ether oxygens (including phenoxy) is 1. The van der Waals surface area contributed by atoms with E-state index in [9.17, 15) is 9.90 Å². The first-order valence-electron chi connectivity index (χ1n) is 8.04. The molecule has 0 atom stereocenters. The third kappa shape index (κ3) is 5.85. The number of nitrogens with one attached hydrogen (secondary N) is 1. The van der Waals surface area contributed by atoms with Crippen molar-refractivity contribution in [1.82, 2.24) is 5.43 Å². The summed E-state index contributed by atoms with van der Waals surface area (Å²) in [6, 6.07) is 9.38. The van der Waals surface area contributed by atoms with Crippen molar-refractivity contribution in [3.8, 4) is 11.5 Å². The van der Waals surface area contributed by atoms with Crippen LogP contribution in [0.15, 0.2) is 44.4 Å². The largest absolute Gasteiger partial charge is 0.506 e. The van der Waals surface area contributed by atoms with Crippen molar-refractivity contribution in [3.05, 3.63) is 56.0 Å². The fraction of sp³-hybridized carbons (Fsp3) is 0.263. The van der Waals surface area contributed by atoms with Gasteiger partial charge in [0.05, 0.1) is 17.8 Å². The van der Waals surface area contributed by atoms with Crippen LogP contribution < -0.4 is 10.2 Å². The van der Waals surface area contributed by atoms with E-state index in [1.54, 1.807) is 19.2 Å². The molecule has 26 heavy (non-hydrogen) atoms. The number of hydrogen-bond donors (Lipinski definition) is 2. The second kappa shape index (κ2) is 9.73. The van der Waals surface area contributed by atoms with Crippen molar-refractivity contribution in [3.63, 3.8) is 0 Å². The van der Waals surface area contributed by atoms with Crippen molar-refractivity contribution < 1.29 is 14.6 Å². The van der Waals surface area contributed by atoms with Crippen LogP contribution in [0.1, 0.15) is 29.5 Å². The van der Waals surface area contributed by atoms with Crippen LogP contribution in [0, 0.1) is 6.92 Å². The van der Waals surface area contributed by atoms with Crippen molar-refractivity contribution in [2.24, 2.45) is 5.10 Å². The van der Waals surface area contributed by atoms with Crippen LogP contribution in [-0.2, 0) is 11.2 Å². The van der Waals surface area contributed by atoms with Gasteiger partial charge in [0.1, 0.15) is 11.5 Å². The van der Waals surface area contributed by atoms with Gasteiger partial charge in [-0.25, -0.2) is 5.43 Å². The zero-order valence-corrected chi connectivity index (χ0v) is 17.7. The lowest BCUT2D eigenvalue weighted by molar-refractivity contribution is -0.121. The highest BCUT2D eigenvalue weighted by Crippen LogP contribution is 2.30. The number of methoxy groups -OCH3 is 1. The van der Waals surface area contributed by atoms with Crippen LogP contribution in [0.3, 0.4) is 0 Å². The SMILES string of the molecule is COc1ccc(CCCC(=O)N/N=C\c2cc(Br)cc(Br)c2O)c(C)c1. The van der Waals surface area contributed by atoms with E-state index in [2.05, 4.69) is 42.4 Å². The lowest BCUT2D eigenvalue weighted by Gasteiger charge is -2.07. The van der Waals surface area contributed by atoms with Gasteiger partial charge in [-0.05, 0) is 71.1 Å². The van der Waals surface area contributed by atoms with Gasteiger partial charge in [-0.1, -0.05) is 22.0 Å². The molecule has 0 heterocycles. The van der Waals surface area contributed by atoms with E-state index >= 15 is 0 Å². The molecule has 0 saturated heterocycles. The standard InChI is InChI=1S/C19H20Br2N2O3/c1-12-8-16(26-2)7-6-13(12)4-3-5-18(24)23-22-11-14-9-15(20)10-17(21)19(14)25/h6-11,25H,3-5H2,1-2H3,(H,23,24)/b22-11-. The lowest BCUT2D eigenvalue weighted by atomic mass is 10.0. The summed E-state index contributed by atoms with van der Waals surface area (Å²) in [6.45, 7) is 2.03. The average molecular weight is 484 g/mol. The number of hydrogen-bond acceptors (Lipinski definition) is 4. The zero-order valence-electron chi connectivity index (χ0n) is 14.6. The predicted octanol–water partition coefficient (Wildman–Crippen LogP) is 4.71. The van der Waals surface area contributed by atoms with Gasteiger partial charge in [0.15, 0.2) is 0 Å². The Morgan fingerprint density at radius 3 is 2.77 bits per heavy atom. The number of halogens is 2. The van der Waals surface area contributed by atoms with Gasteiger partial charge >= 0.3 is 0 Å². The summed E-state index contributed by atoms with van der Waals surface area (Å²) < 4.78 is 6.54. The maximum atomic E-state index is 11.9. The third-order valence-electron chi connectivity index (χ3n) is 3.85. The number of carbonyl (C=O) groups is 1. The fourth-order valence-electron chi connectivity index (χ4n) is 2.43. The minimum atomic E-state index is -0.166. The van der Waals surface area contributed by atoms with Gasteiger partial charge in [0.2, 0.25) is 5.91 Å². The average Bonchev–Trinajstić information content (AvgIpc) is 2.60. The summed E-state index contributed by atoms with van der Waals surface area (Å²) in [5, 5.41) is 13.8. The second-order valence-electron chi connectivity index (χ2n) is 5.76. The minimum Gasteiger partial charge on any atom is -0.506 e. The molecule has 5 nitrogen and oxygen atoms in total. The van der Waals surface area contributed by atoms with Gasteiger partial charge in [-0.2, -0.15) is 5.10 Å². The van der Waals surface area contributed by atoms with E-state index in [0.717, 1.165) is 28.6 Å². The number of rotatable bonds is 7. The molecule has 0 saturated carbocycles. The molecule has 2 N–H and O–H groups in total. The zero-order chi connectivity index (χ0) is 19.1. The monoisotopic (exact) mass is 482 g/mol. The Kier molecular flexibility index (Phi) is 7.66. The molecule has 7 heteroatoms. The number of aryl methyl sites for hydroxylation is 2. The summed E-state index contributed by atoms with van der Waals surface area (Å²) in [5.41, 5.74) is 5.34. The molecule has 2 aromatic carbocycles. The van der Waals surface area contributed by atoms with Crippen LogP contribution in [-0.4, -0.2) is 24.3 Å². The quantitative estimate of drug-likeness (QED) is 0.442. The highest BCUT2D eigenvalue weighted by Gasteiger charge is 2.06. The molecule has 0 unspecified atom stereocenters. The first-order valence-corrected chi connectivity index (χ1v) is 9.62. The van der Waals surface area contributed by atoms with Crippen LogP contribution in [0.25, 0.3) is 0 Å². The molecule has 2 rings (SSSR count). The lowest BCUT2D eigenvalue weighted by Crippen LogP contribution is -2.17. The Labute approximate surface area is 169 Å². The molecule has 0 fully saturated rings. The van der Waals surface area contributed by atoms with Gasteiger partial charge in [-0.3, -0.25) is 4.79 Å². The molecule has 138 valence electrons. The highest BCUT2D eigenvalue weighted by molar-refractivity contribution is 9.11. The van der Waals surface area contributed by atoms with Crippen LogP contribution in [0.5, 0.6) is 11.5 Å². The summed E-state index contributed by atoms with van der Waals surface area (Å²) in [6.07, 6.45) is 3.32. The number of phenolic OH excluding ortho intramolecular Hbond substituents is 1. The highest BCUT2D eigenvalue weighted by atomic mass is 79.9. The van der Waals surface area contributed by atoms with Crippen LogP contribution in [0.2, 0.25) is 0 Å². The second-order valence-corrected chi connectivity index (χ2v) is 7.53. The van der Waals surface area contributed by atoms with E-state index < -0.39 is 0 Å². The number of benzene rings is 2. The number of phenols is 1. The molecule has 0 bridgehead atoms. The van der Waals surface area contributed by atoms with Crippen molar-refractivity contribution in [1.29, 1.82) is 0 Å². The summed E-state index contributed by atoms with van der Waals surface area (Å²) in [5.74, 6) is 0.739. The first kappa shape index (κ1) is 20.5. The maximum Gasteiger partial charge on any atom is 0.240 e. The predicted molar refractivity (Wildman–Crippen MR) is 110 cm³/mol. The molecule has 1 amide bonds. The van der Waals surface area contributed by atoms with E-state index in [-0.39, 0.29) is 11.7 Å². The number of amides is 1. The van der Waals surface area contributed by atoms with Crippen LogP contribution >= 0.6 is 31.9 Å². The third-order valence-corrected chi connectivity index (χ3v) is 4.91. The topological polar surface area (TPSA) is 70.9 Å². The van der Waals surface area contributed by atoms with E-state index in [1.165, 1.54) is 11.8 Å². The molecule has 0 aliphatic rings. The molecule has 0 aromatic heterocycles. The smallest absolute Gasteiger partial charge is 0.240 e. The Hall–Kier alpha value is -1.86. The van der Waals surface area contributed by atoms with E-state index in [4.69, 9.17) is 4.74 Å². The molecular formula is C19H20Br2N2O3. The summed E-state index contributed by atoms with van der Waals surface area (Å²) >= 11 is 6.59.